The number of aryl methyl sites for hydroxylation is 1. The van der Waals surface area contributed by atoms with Gasteiger partial charge in [0.15, 0.2) is 5.13 Å². The number of carbonyl (C=O) groups excluding carboxylic acids is 1. The number of thiazole rings is 1. The molecule has 2 aromatic rings. The van der Waals surface area contributed by atoms with Crippen LogP contribution in [0.4, 0.5) is 15.6 Å². The number of methoxy groups -OCH3 is 1. The maximum Gasteiger partial charge on any atom is 0.325 e. The van der Waals surface area contributed by atoms with Crippen molar-refractivity contribution < 1.29 is 9.53 Å². The van der Waals surface area contributed by atoms with Gasteiger partial charge in [-0.1, -0.05) is 12.1 Å². The van der Waals surface area contributed by atoms with Crippen molar-refractivity contribution in [3.05, 3.63) is 35.3 Å². The van der Waals surface area contributed by atoms with E-state index in [1.807, 2.05) is 24.4 Å². The molecule has 6 heteroatoms. The summed E-state index contributed by atoms with van der Waals surface area (Å²) in [5, 5.41) is 7.82. The molecule has 1 aromatic carbocycles. The smallest absolute Gasteiger partial charge is 0.325 e. The van der Waals surface area contributed by atoms with Gasteiger partial charge in [0.05, 0.1) is 18.5 Å². The van der Waals surface area contributed by atoms with Gasteiger partial charge in [0, 0.05) is 5.38 Å². The number of urea groups is 1. The zero-order chi connectivity index (χ0) is 13.0. The number of carbonyl (C=O) groups is 1. The lowest BCUT2D eigenvalue weighted by atomic mass is 10.3. The molecule has 1 heterocycles. The van der Waals surface area contributed by atoms with E-state index in [0.717, 1.165) is 5.69 Å². The van der Waals surface area contributed by atoms with Crippen LogP contribution in [0.15, 0.2) is 29.6 Å². The van der Waals surface area contributed by atoms with Crippen LogP contribution in [0.1, 0.15) is 5.69 Å². The maximum absolute atomic E-state index is 11.7. The Morgan fingerprint density at radius 2 is 2.11 bits per heavy atom. The molecule has 0 bridgehead atoms. The fourth-order valence-electron chi connectivity index (χ4n) is 1.41. The quantitative estimate of drug-likeness (QED) is 0.894. The second kappa shape index (κ2) is 5.50. The standard InChI is InChI=1S/C12H13N3O2S/c1-8-7-18-12(13-8)15-11(16)14-9-5-3-4-6-10(9)17-2/h3-7H,1-2H3,(H2,13,14,15,16). The van der Waals surface area contributed by atoms with Gasteiger partial charge >= 0.3 is 6.03 Å². The van der Waals surface area contributed by atoms with Crippen LogP contribution in [0.25, 0.3) is 0 Å². The van der Waals surface area contributed by atoms with Gasteiger partial charge in [-0.15, -0.1) is 11.3 Å². The summed E-state index contributed by atoms with van der Waals surface area (Å²) in [6.07, 6.45) is 0. The summed E-state index contributed by atoms with van der Waals surface area (Å²) in [4.78, 5) is 15.9. The maximum atomic E-state index is 11.7. The SMILES string of the molecule is COc1ccccc1NC(=O)Nc1nc(C)cs1. The predicted octanol–water partition coefficient (Wildman–Crippen LogP) is 3.10. The zero-order valence-corrected chi connectivity index (χ0v) is 10.9. The molecule has 0 aliphatic rings. The van der Waals surface area contributed by atoms with E-state index in [1.165, 1.54) is 11.3 Å². The second-order valence-corrected chi connectivity index (χ2v) is 4.43. The molecule has 0 aliphatic heterocycles. The van der Waals surface area contributed by atoms with Gasteiger partial charge in [-0.05, 0) is 19.1 Å². The third-order valence-electron chi connectivity index (χ3n) is 2.19. The molecule has 0 fully saturated rings. The van der Waals surface area contributed by atoms with Crippen LogP contribution in [0, 0.1) is 6.92 Å². The third kappa shape index (κ3) is 2.98. The van der Waals surface area contributed by atoms with Crippen molar-refractivity contribution in [2.75, 3.05) is 17.7 Å². The molecular formula is C12H13N3O2S. The molecule has 5 nitrogen and oxygen atoms in total. The lowest BCUT2D eigenvalue weighted by Crippen LogP contribution is -2.19. The molecule has 18 heavy (non-hydrogen) atoms. The number of benzene rings is 1. The Kier molecular flexibility index (Phi) is 3.78. The number of hydrogen-bond acceptors (Lipinski definition) is 4. The Hall–Kier alpha value is -2.08. The number of amides is 2. The summed E-state index contributed by atoms with van der Waals surface area (Å²) in [6.45, 7) is 1.87. The first-order valence-corrected chi connectivity index (χ1v) is 6.20. The van der Waals surface area contributed by atoms with E-state index in [-0.39, 0.29) is 6.03 Å². The fourth-order valence-corrected chi connectivity index (χ4v) is 2.09. The summed E-state index contributed by atoms with van der Waals surface area (Å²) < 4.78 is 5.15. The Morgan fingerprint density at radius 1 is 1.33 bits per heavy atom. The molecular weight excluding hydrogens is 250 g/mol. The number of para-hydroxylation sites is 2. The second-order valence-electron chi connectivity index (χ2n) is 3.57. The number of hydrogen-bond donors (Lipinski definition) is 2. The highest BCUT2D eigenvalue weighted by Crippen LogP contribution is 2.23. The van der Waals surface area contributed by atoms with Crippen LogP contribution in [0.2, 0.25) is 0 Å². The van der Waals surface area contributed by atoms with Crippen LogP contribution in [-0.4, -0.2) is 18.1 Å². The van der Waals surface area contributed by atoms with Crippen LogP contribution < -0.4 is 15.4 Å². The molecule has 2 amide bonds. The van der Waals surface area contributed by atoms with Crippen molar-refractivity contribution in [1.29, 1.82) is 0 Å². The van der Waals surface area contributed by atoms with E-state index in [4.69, 9.17) is 4.74 Å². The van der Waals surface area contributed by atoms with Crippen molar-refractivity contribution in [3.63, 3.8) is 0 Å². The highest BCUT2D eigenvalue weighted by atomic mass is 32.1. The van der Waals surface area contributed by atoms with E-state index >= 15 is 0 Å². The minimum absolute atomic E-state index is 0.339. The minimum atomic E-state index is -0.339. The van der Waals surface area contributed by atoms with Crippen molar-refractivity contribution in [2.45, 2.75) is 6.92 Å². The molecule has 0 atom stereocenters. The normalized spacial score (nSPS) is 9.89. The lowest BCUT2D eigenvalue weighted by Gasteiger charge is -2.09. The molecule has 2 rings (SSSR count). The topological polar surface area (TPSA) is 63.2 Å². The van der Waals surface area contributed by atoms with Gasteiger partial charge in [0.2, 0.25) is 0 Å². The highest BCUT2D eigenvalue weighted by molar-refractivity contribution is 7.13. The number of nitrogens with one attached hydrogen (secondary N) is 2. The molecule has 0 unspecified atom stereocenters. The highest BCUT2D eigenvalue weighted by Gasteiger charge is 2.08. The van der Waals surface area contributed by atoms with E-state index in [1.54, 1.807) is 19.2 Å². The van der Waals surface area contributed by atoms with Crippen molar-refractivity contribution in [2.24, 2.45) is 0 Å². The summed E-state index contributed by atoms with van der Waals surface area (Å²) in [5.74, 6) is 0.614. The first-order valence-electron chi connectivity index (χ1n) is 5.32. The molecule has 1 aromatic heterocycles. The lowest BCUT2D eigenvalue weighted by molar-refractivity contribution is 0.262. The molecule has 0 spiro atoms. The number of aromatic nitrogens is 1. The fraction of sp³-hybridized carbons (Fsp3) is 0.167. The molecule has 0 aliphatic carbocycles. The van der Waals surface area contributed by atoms with Crippen molar-refractivity contribution >= 4 is 28.2 Å². The van der Waals surface area contributed by atoms with Crippen molar-refractivity contribution in [1.82, 2.24) is 4.98 Å². The van der Waals surface area contributed by atoms with Crippen LogP contribution >= 0.6 is 11.3 Å². The van der Waals surface area contributed by atoms with Crippen LogP contribution in [0.3, 0.4) is 0 Å². The Balaban J connectivity index is 2.03. The Morgan fingerprint density at radius 3 is 2.78 bits per heavy atom. The van der Waals surface area contributed by atoms with Crippen LogP contribution in [0.5, 0.6) is 5.75 Å². The van der Waals surface area contributed by atoms with E-state index < -0.39 is 0 Å². The van der Waals surface area contributed by atoms with E-state index in [0.29, 0.717) is 16.6 Å². The summed E-state index contributed by atoms with van der Waals surface area (Å²) in [7, 11) is 1.56. The monoisotopic (exact) mass is 263 g/mol. The largest absolute Gasteiger partial charge is 0.495 e. The number of rotatable bonds is 3. The Bertz CT molecular complexity index is 554. The summed E-state index contributed by atoms with van der Waals surface area (Å²) >= 11 is 1.38. The molecule has 2 N–H and O–H groups in total. The van der Waals surface area contributed by atoms with Gasteiger partial charge in [-0.25, -0.2) is 9.78 Å². The van der Waals surface area contributed by atoms with Gasteiger partial charge in [0.1, 0.15) is 5.75 Å². The van der Waals surface area contributed by atoms with Gasteiger partial charge < -0.3 is 10.1 Å². The first-order chi connectivity index (χ1) is 8.69. The van der Waals surface area contributed by atoms with Crippen LogP contribution in [-0.2, 0) is 0 Å². The first kappa shape index (κ1) is 12.4. The van der Waals surface area contributed by atoms with E-state index in [9.17, 15) is 4.79 Å². The summed E-state index contributed by atoms with van der Waals surface area (Å²) in [5.41, 5.74) is 1.50. The molecule has 0 radical (unpaired) electrons. The van der Waals surface area contributed by atoms with Gasteiger partial charge in [0.25, 0.3) is 0 Å². The number of anilines is 2. The molecule has 0 saturated carbocycles. The van der Waals surface area contributed by atoms with Crippen molar-refractivity contribution in [3.8, 4) is 5.75 Å². The summed E-state index contributed by atoms with van der Waals surface area (Å²) in [6, 6.07) is 6.88. The third-order valence-corrected chi connectivity index (χ3v) is 3.07. The average Bonchev–Trinajstić information content (AvgIpc) is 2.75. The zero-order valence-electron chi connectivity index (χ0n) is 10.1. The molecule has 94 valence electrons. The predicted molar refractivity (Wildman–Crippen MR) is 72.5 cm³/mol. The minimum Gasteiger partial charge on any atom is -0.495 e. The Labute approximate surface area is 109 Å². The van der Waals surface area contributed by atoms with Gasteiger partial charge in [-0.2, -0.15) is 0 Å². The van der Waals surface area contributed by atoms with Gasteiger partial charge in [-0.3, -0.25) is 5.32 Å². The average molecular weight is 263 g/mol. The number of nitrogens with zero attached hydrogens (tertiary/aromatic N) is 1. The molecule has 0 saturated heterocycles. The number of ether oxygens (including phenoxy) is 1. The van der Waals surface area contributed by atoms with E-state index in [2.05, 4.69) is 15.6 Å².